The van der Waals surface area contributed by atoms with E-state index >= 15 is 0 Å². The summed E-state index contributed by atoms with van der Waals surface area (Å²) in [4.78, 5) is 4.84. The van der Waals surface area contributed by atoms with Gasteiger partial charge < -0.3 is 9.80 Å². The summed E-state index contributed by atoms with van der Waals surface area (Å²) in [5.74, 6) is 0. The molecule has 1 aliphatic rings. The molecule has 0 amide bonds. The van der Waals surface area contributed by atoms with Gasteiger partial charge in [0.15, 0.2) is 0 Å². The van der Waals surface area contributed by atoms with E-state index in [4.69, 9.17) is 0 Å². The molecule has 0 aromatic heterocycles. The van der Waals surface area contributed by atoms with E-state index in [1.807, 2.05) is 27.7 Å². The molecule has 1 fully saturated rings. The molecule has 18 heavy (non-hydrogen) atoms. The molecule has 2 nitrogen and oxygen atoms in total. The predicted octanol–water partition coefficient (Wildman–Crippen LogP) is 3.80. The first-order valence-corrected chi connectivity index (χ1v) is 7.26. The Balaban J connectivity index is 0.000000659. The molecule has 1 heterocycles. The van der Waals surface area contributed by atoms with Crippen LogP contribution >= 0.6 is 0 Å². The van der Waals surface area contributed by atoms with Crippen LogP contribution in [-0.4, -0.2) is 38.1 Å². The molecule has 0 spiro atoms. The molecule has 0 unspecified atom stereocenters. The van der Waals surface area contributed by atoms with E-state index in [1.165, 1.54) is 24.3 Å². The molecule has 0 aliphatic carbocycles. The quantitative estimate of drug-likeness (QED) is 0.748. The summed E-state index contributed by atoms with van der Waals surface area (Å²) in [6, 6.07) is 8.82. The van der Waals surface area contributed by atoms with Crippen molar-refractivity contribution >= 4 is 5.69 Å². The minimum absolute atomic E-state index is 1.15. The Hall–Kier alpha value is -1.02. The molecular weight excluding hydrogens is 220 g/mol. The largest absolute Gasteiger partial charge is 0.369 e. The van der Waals surface area contributed by atoms with E-state index in [1.54, 1.807) is 0 Å². The first-order chi connectivity index (χ1) is 8.75. The summed E-state index contributed by atoms with van der Waals surface area (Å²) in [5.41, 5.74) is 2.70. The lowest BCUT2D eigenvalue weighted by Gasteiger charge is -2.34. The van der Waals surface area contributed by atoms with E-state index in [9.17, 15) is 0 Å². The number of piperazine rings is 1. The summed E-state index contributed by atoms with van der Waals surface area (Å²) in [5, 5.41) is 0. The SMILES string of the molecule is CC.CC.Cc1ccc(N2CCN(C)CC2)cc1. The predicted molar refractivity (Wildman–Crippen MR) is 83.6 cm³/mol. The molecule has 2 rings (SSSR count). The Morgan fingerprint density at radius 2 is 1.22 bits per heavy atom. The Bertz CT molecular complexity index is 284. The number of likely N-dealkylation sites (N-methyl/N-ethyl adjacent to an activating group) is 1. The van der Waals surface area contributed by atoms with Gasteiger partial charge in [0.1, 0.15) is 0 Å². The van der Waals surface area contributed by atoms with Crippen LogP contribution in [0.3, 0.4) is 0 Å². The summed E-state index contributed by atoms with van der Waals surface area (Å²) >= 11 is 0. The first-order valence-electron chi connectivity index (χ1n) is 7.26. The van der Waals surface area contributed by atoms with Gasteiger partial charge in [-0.1, -0.05) is 45.4 Å². The van der Waals surface area contributed by atoms with Crippen LogP contribution in [0.4, 0.5) is 5.69 Å². The smallest absolute Gasteiger partial charge is 0.0367 e. The molecule has 2 heteroatoms. The molecule has 0 bridgehead atoms. The third-order valence-electron chi connectivity index (χ3n) is 2.90. The molecule has 1 aliphatic heterocycles. The Morgan fingerprint density at radius 1 is 0.778 bits per heavy atom. The van der Waals surface area contributed by atoms with Crippen LogP contribution in [0.5, 0.6) is 0 Å². The summed E-state index contributed by atoms with van der Waals surface area (Å²) in [7, 11) is 2.19. The second-order valence-corrected chi connectivity index (χ2v) is 4.13. The molecule has 0 radical (unpaired) electrons. The van der Waals surface area contributed by atoms with Crippen LogP contribution in [0.15, 0.2) is 24.3 Å². The summed E-state index contributed by atoms with van der Waals surface area (Å²) in [6.07, 6.45) is 0. The van der Waals surface area contributed by atoms with Crippen LogP contribution in [-0.2, 0) is 0 Å². The summed E-state index contributed by atoms with van der Waals surface area (Å²) < 4.78 is 0. The van der Waals surface area contributed by atoms with Crippen LogP contribution in [0.1, 0.15) is 33.3 Å². The highest BCUT2D eigenvalue weighted by molar-refractivity contribution is 5.47. The fourth-order valence-electron chi connectivity index (χ4n) is 1.82. The summed E-state index contributed by atoms with van der Waals surface area (Å²) in [6.45, 7) is 14.8. The highest BCUT2D eigenvalue weighted by Crippen LogP contribution is 2.16. The van der Waals surface area contributed by atoms with Crippen molar-refractivity contribution in [2.24, 2.45) is 0 Å². The monoisotopic (exact) mass is 250 g/mol. The number of benzene rings is 1. The van der Waals surface area contributed by atoms with Crippen LogP contribution in [0.2, 0.25) is 0 Å². The maximum Gasteiger partial charge on any atom is 0.0367 e. The molecule has 1 saturated heterocycles. The van der Waals surface area contributed by atoms with E-state index in [2.05, 4.69) is 48.0 Å². The van der Waals surface area contributed by atoms with Gasteiger partial charge in [-0.2, -0.15) is 0 Å². The second-order valence-electron chi connectivity index (χ2n) is 4.13. The van der Waals surface area contributed by atoms with Crippen molar-refractivity contribution in [2.75, 3.05) is 38.1 Å². The number of hydrogen-bond acceptors (Lipinski definition) is 2. The Morgan fingerprint density at radius 3 is 1.67 bits per heavy atom. The van der Waals surface area contributed by atoms with Crippen LogP contribution < -0.4 is 4.90 Å². The lowest BCUT2D eigenvalue weighted by atomic mass is 10.2. The highest BCUT2D eigenvalue weighted by Gasteiger charge is 2.13. The second kappa shape index (κ2) is 9.95. The van der Waals surface area contributed by atoms with E-state index in [0.717, 1.165) is 13.1 Å². The number of anilines is 1. The lowest BCUT2D eigenvalue weighted by Crippen LogP contribution is -2.44. The van der Waals surface area contributed by atoms with Gasteiger partial charge in [0.25, 0.3) is 0 Å². The van der Waals surface area contributed by atoms with Gasteiger partial charge in [0.05, 0.1) is 0 Å². The maximum absolute atomic E-state index is 2.46. The third kappa shape index (κ3) is 5.54. The average molecular weight is 250 g/mol. The van der Waals surface area contributed by atoms with Crippen molar-refractivity contribution in [1.29, 1.82) is 0 Å². The van der Waals surface area contributed by atoms with Crippen molar-refractivity contribution in [3.05, 3.63) is 29.8 Å². The zero-order valence-electron chi connectivity index (χ0n) is 13.0. The molecular formula is C16H30N2. The van der Waals surface area contributed by atoms with Gasteiger partial charge in [-0.05, 0) is 26.1 Å². The first kappa shape index (κ1) is 17.0. The van der Waals surface area contributed by atoms with Gasteiger partial charge in [0, 0.05) is 31.9 Å². The third-order valence-corrected chi connectivity index (χ3v) is 2.90. The van der Waals surface area contributed by atoms with Crippen molar-refractivity contribution < 1.29 is 0 Å². The molecule has 1 aromatic rings. The van der Waals surface area contributed by atoms with E-state index < -0.39 is 0 Å². The Kier molecular flexibility index (Phi) is 9.39. The zero-order chi connectivity index (χ0) is 14.0. The van der Waals surface area contributed by atoms with Gasteiger partial charge in [-0.15, -0.1) is 0 Å². The van der Waals surface area contributed by atoms with E-state index in [-0.39, 0.29) is 0 Å². The van der Waals surface area contributed by atoms with Crippen LogP contribution in [0, 0.1) is 6.92 Å². The number of nitrogens with zero attached hydrogens (tertiary/aromatic N) is 2. The number of aryl methyl sites for hydroxylation is 1. The lowest BCUT2D eigenvalue weighted by molar-refractivity contribution is 0.313. The normalized spacial score (nSPS) is 15.1. The van der Waals surface area contributed by atoms with Crippen molar-refractivity contribution in [2.45, 2.75) is 34.6 Å². The topological polar surface area (TPSA) is 6.48 Å². The van der Waals surface area contributed by atoms with Crippen molar-refractivity contribution in [3.63, 3.8) is 0 Å². The van der Waals surface area contributed by atoms with E-state index in [0.29, 0.717) is 0 Å². The molecule has 1 aromatic carbocycles. The fraction of sp³-hybridized carbons (Fsp3) is 0.625. The van der Waals surface area contributed by atoms with Gasteiger partial charge in [-0.25, -0.2) is 0 Å². The zero-order valence-corrected chi connectivity index (χ0v) is 13.0. The molecule has 0 atom stereocenters. The Labute approximate surface area is 114 Å². The fourth-order valence-corrected chi connectivity index (χ4v) is 1.82. The standard InChI is InChI=1S/C12H18N2.2C2H6/c1-11-3-5-12(6-4-11)14-9-7-13(2)8-10-14;2*1-2/h3-6H,7-10H2,1-2H3;2*1-2H3. The van der Waals surface area contributed by atoms with Gasteiger partial charge in [-0.3, -0.25) is 0 Å². The average Bonchev–Trinajstić information content (AvgIpc) is 2.45. The molecule has 104 valence electrons. The van der Waals surface area contributed by atoms with Gasteiger partial charge in [0.2, 0.25) is 0 Å². The van der Waals surface area contributed by atoms with Crippen molar-refractivity contribution in [1.82, 2.24) is 4.90 Å². The van der Waals surface area contributed by atoms with Crippen LogP contribution in [0.25, 0.3) is 0 Å². The van der Waals surface area contributed by atoms with Crippen molar-refractivity contribution in [3.8, 4) is 0 Å². The number of hydrogen-bond donors (Lipinski definition) is 0. The molecule has 0 saturated carbocycles. The van der Waals surface area contributed by atoms with Gasteiger partial charge >= 0.3 is 0 Å². The highest BCUT2D eigenvalue weighted by atomic mass is 15.2. The number of rotatable bonds is 1. The minimum Gasteiger partial charge on any atom is -0.369 e. The maximum atomic E-state index is 2.46. The minimum atomic E-state index is 1.15. The molecule has 0 N–H and O–H groups in total.